The fourth-order valence-electron chi connectivity index (χ4n) is 3.22. The van der Waals surface area contributed by atoms with Crippen molar-refractivity contribution in [1.82, 2.24) is 15.8 Å². The molecule has 3 N–H and O–H groups in total. The molecular formula is C16H18N4O2. The Morgan fingerprint density at radius 3 is 2.86 bits per heavy atom. The molecule has 0 aromatic heterocycles. The van der Waals surface area contributed by atoms with Gasteiger partial charge in [-0.05, 0) is 31.4 Å². The van der Waals surface area contributed by atoms with Crippen molar-refractivity contribution in [3.05, 3.63) is 46.7 Å². The first-order chi connectivity index (χ1) is 10.5. The van der Waals surface area contributed by atoms with Crippen LogP contribution in [-0.2, 0) is 4.79 Å². The molecule has 6 nitrogen and oxygen atoms in total. The number of fused-ring (bicyclic) bond motifs is 1. The third-order valence-corrected chi connectivity index (χ3v) is 4.31. The molecule has 0 radical (unpaired) electrons. The lowest BCUT2D eigenvalue weighted by Crippen LogP contribution is -2.60. The van der Waals surface area contributed by atoms with Crippen LogP contribution in [0.25, 0.3) is 0 Å². The van der Waals surface area contributed by atoms with E-state index in [-0.39, 0.29) is 6.04 Å². The highest BCUT2D eigenvalue weighted by Gasteiger charge is 2.43. The quantitative estimate of drug-likeness (QED) is 0.764. The second-order valence-electron chi connectivity index (χ2n) is 5.82. The number of carbonyl (C=O) groups is 1. The average Bonchev–Trinajstić information content (AvgIpc) is 2.89. The summed E-state index contributed by atoms with van der Waals surface area (Å²) in [6.45, 7) is 4.06. The first-order valence-electron chi connectivity index (χ1n) is 7.22. The number of aliphatic carboxylic acids is 1. The fraction of sp³-hybridized carbons (Fsp3) is 0.375. The molecule has 0 bridgehead atoms. The summed E-state index contributed by atoms with van der Waals surface area (Å²) >= 11 is 0. The Bertz CT molecular complexity index is 692. The van der Waals surface area contributed by atoms with Gasteiger partial charge in [-0.2, -0.15) is 10.3 Å². The first kappa shape index (κ1) is 14.6. The van der Waals surface area contributed by atoms with Gasteiger partial charge >= 0.3 is 5.97 Å². The molecule has 2 aliphatic rings. The Morgan fingerprint density at radius 1 is 1.45 bits per heavy atom. The van der Waals surface area contributed by atoms with Crippen molar-refractivity contribution in [2.24, 2.45) is 0 Å². The van der Waals surface area contributed by atoms with Crippen LogP contribution >= 0.6 is 0 Å². The lowest BCUT2D eigenvalue weighted by atomic mass is 9.91. The van der Waals surface area contributed by atoms with E-state index in [4.69, 9.17) is 0 Å². The normalized spacial score (nSPS) is 27.5. The molecule has 0 saturated carbocycles. The SMILES string of the molecule is Cc1ccc(C2CC(C(=O)O)NC3C(C#N)=CNN32)c(C)c1. The predicted octanol–water partition coefficient (Wildman–Crippen LogP) is 1.34. The van der Waals surface area contributed by atoms with Crippen molar-refractivity contribution < 1.29 is 9.90 Å². The summed E-state index contributed by atoms with van der Waals surface area (Å²) in [5.41, 5.74) is 6.99. The number of hydrogen-bond donors (Lipinski definition) is 3. The maximum Gasteiger partial charge on any atom is 0.320 e. The smallest absolute Gasteiger partial charge is 0.320 e. The third-order valence-electron chi connectivity index (χ3n) is 4.31. The molecule has 1 fully saturated rings. The number of benzene rings is 1. The minimum atomic E-state index is -0.890. The maximum absolute atomic E-state index is 11.5. The number of nitrogens with one attached hydrogen (secondary N) is 2. The standard InChI is InChI=1S/C16H18N4O2/c1-9-3-4-12(10(2)5-9)14-6-13(16(21)22)19-15-11(7-17)8-18-20(14)15/h3-5,8,13-15,18-19H,6H2,1-2H3,(H,21,22). The number of nitrogens with zero attached hydrogens (tertiary/aromatic N) is 2. The molecule has 3 rings (SSSR count). The number of rotatable bonds is 2. The highest BCUT2D eigenvalue weighted by molar-refractivity contribution is 5.74. The zero-order chi connectivity index (χ0) is 15.9. The minimum Gasteiger partial charge on any atom is -0.480 e. The maximum atomic E-state index is 11.5. The van der Waals surface area contributed by atoms with Crippen LogP contribution in [0.3, 0.4) is 0 Å². The van der Waals surface area contributed by atoms with Gasteiger partial charge in [0.15, 0.2) is 0 Å². The van der Waals surface area contributed by atoms with Crippen LogP contribution in [0.5, 0.6) is 0 Å². The molecule has 2 aliphatic heterocycles. The van der Waals surface area contributed by atoms with Gasteiger partial charge in [-0.1, -0.05) is 23.8 Å². The van der Waals surface area contributed by atoms with Gasteiger partial charge in [-0.15, -0.1) is 0 Å². The van der Waals surface area contributed by atoms with E-state index >= 15 is 0 Å². The van der Waals surface area contributed by atoms with Crippen molar-refractivity contribution in [3.63, 3.8) is 0 Å². The van der Waals surface area contributed by atoms with E-state index in [0.29, 0.717) is 12.0 Å². The predicted molar refractivity (Wildman–Crippen MR) is 80.3 cm³/mol. The zero-order valence-electron chi connectivity index (χ0n) is 12.5. The fourth-order valence-corrected chi connectivity index (χ4v) is 3.22. The summed E-state index contributed by atoms with van der Waals surface area (Å²) in [4.78, 5) is 11.5. The van der Waals surface area contributed by atoms with Crippen molar-refractivity contribution in [2.45, 2.75) is 38.5 Å². The molecule has 1 aromatic carbocycles. The van der Waals surface area contributed by atoms with Crippen LogP contribution in [-0.4, -0.2) is 28.3 Å². The topological polar surface area (TPSA) is 88.4 Å². The number of carboxylic acids is 1. The Hall–Kier alpha value is -2.36. The monoisotopic (exact) mass is 298 g/mol. The van der Waals surface area contributed by atoms with E-state index in [0.717, 1.165) is 11.1 Å². The van der Waals surface area contributed by atoms with Gasteiger partial charge in [0.25, 0.3) is 0 Å². The Morgan fingerprint density at radius 2 is 2.23 bits per heavy atom. The van der Waals surface area contributed by atoms with E-state index < -0.39 is 18.2 Å². The van der Waals surface area contributed by atoms with Crippen LogP contribution < -0.4 is 10.7 Å². The Kier molecular flexibility index (Phi) is 3.61. The zero-order valence-corrected chi connectivity index (χ0v) is 12.5. The van der Waals surface area contributed by atoms with Crippen molar-refractivity contribution >= 4 is 5.97 Å². The molecule has 2 heterocycles. The molecule has 22 heavy (non-hydrogen) atoms. The largest absolute Gasteiger partial charge is 0.480 e. The molecule has 6 heteroatoms. The summed E-state index contributed by atoms with van der Waals surface area (Å²) in [7, 11) is 0. The van der Waals surface area contributed by atoms with E-state index in [1.807, 2.05) is 31.0 Å². The van der Waals surface area contributed by atoms with E-state index in [1.54, 1.807) is 6.20 Å². The molecular weight excluding hydrogens is 280 g/mol. The molecule has 1 saturated heterocycles. The summed E-state index contributed by atoms with van der Waals surface area (Å²) in [6, 6.07) is 7.51. The van der Waals surface area contributed by atoms with Gasteiger partial charge in [-0.25, -0.2) is 0 Å². The second-order valence-corrected chi connectivity index (χ2v) is 5.82. The number of hydrazine groups is 1. The highest BCUT2D eigenvalue weighted by atomic mass is 16.4. The van der Waals surface area contributed by atoms with Crippen LogP contribution in [0.1, 0.15) is 29.2 Å². The van der Waals surface area contributed by atoms with Crippen molar-refractivity contribution in [2.75, 3.05) is 0 Å². The lowest BCUT2D eigenvalue weighted by Gasteiger charge is -2.41. The highest BCUT2D eigenvalue weighted by Crippen LogP contribution is 2.35. The van der Waals surface area contributed by atoms with Gasteiger partial charge in [0.2, 0.25) is 0 Å². The lowest BCUT2D eigenvalue weighted by molar-refractivity contribution is -0.142. The van der Waals surface area contributed by atoms with Gasteiger partial charge in [-0.3, -0.25) is 10.1 Å². The molecule has 3 unspecified atom stereocenters. The van der Waals surface area contributed by atoms with Crippen LogP contribution in [0, 0.1) is 25.2 Å². The second kappa shape index (κ2) is 5.44. The van der Waals surface area contributed by atoms with Crippen molar-refractivity contribution in [3.8, 4) is 6.07 Å². The van der Waals surface area contributed by atoms with Crippen LogP contribution in [0.4, 0.5) is 0 Å². The van der Waals surface area contributed by atoms with E-state index in [2.05, 4.69) is 22.9 Å². The Labute approximate surface area is 129 Å². The molecule has 1 aromatic rings. The number of aryl methyl sites for hydroxylation is 2. The number of carboxylic acid groups (broad SMARTS) is 1. The van der Waals surface area contributed by atoms with Crippen molar-refractivity contribution in [1.29, 1.82) is 5.26 Å². The van der Waals surface area contributed by atoms with Gasteiger partial charge in [0.05, 0.1) is 17.7 Å². The number of hydrogen-bond acceptors (Lipinski definition) is 5. The summed E-state index contributed by atoms with van der Waals surface area (Å²) in [5, 5.41) is 23.5. The third kappa shape index (κ3) is 2.34. The molecule has 3 atom stereocenters. The average molecular weight is 298 g/mol. The summed E-state index contributed by atoms with van der Waals surface area (Å²) in [5.74, 6) is -0.890. The van der Waals surface area contributed by atoms with Gasteiger partial charge in [0.1, 0.15) is 12.2 Å². The molecule has 0 amide bonds. The molecule has 114 valence electrons. The molecule has 0 aliphatic carbocycles. The van der Waals surface area contributed by atoms with Crippen LogP contribution in [0.2, 0.25) is 0 Å². The summed E-state index contributed by atoms with van der Waals surface area (Å²) < 4.78 is 0. The van der Waals surface area contributed by atoms with Crippen LogP contribution in [0.15, 0.2) is 30.0 Å². The van der Waals surface area contributed by atoms with E-state index in [9.17, 15) is 15.2 Å². The van der Waals surface area contributed by atoms with E-state index in [1.165, 1.54) is 5.56 Å². The number of nitriles is 1. The molecule has 0 spiro atoms. The van der Waals surface area contributed by atoms with Gasteiger partial charge in [0, 0.05) is 6.20 Å². The van der Waals surface area contributed by atoms with Gasteiger partial charge < -0.3 is 10.5 Å². The Balaban J connectivity index is 1.99. The summed E-state index contributed by atoms with van der Waals surface area (Å²) in [6.07, 6.45) is 1.67. The first-order valence-corrected chi connectivity index (χ1v) is 7.22. The minimum absolute atomic E-state index is 0.102.